The quantitative estimate of drug-likeness (QED) is 0.549. The summed E-state index contributed by atoms with van der Waals surface area (Å²) in [6, 6.07) is 4.24. The molecule has 4 rings (SSSR count). The number of hydrogen-bond acceptors (Lipinski definition) is 4. The largest absolute Gasteiger partial charge is 0.383 e. The molecule has 0 aliphatic carbocycles. The number of anilines is 1. The Balaban J connectivity index is 2.20. The van der Waals surface area contributed by atoms with Crippen molar-refractivity contribution in [2.24, 2.45) is 0 Å². The van der Waals surface area contributed by atoms with Crippen molar-refractivity contribution in [2.75, 3.05) is 5.73 Å². The van der Waals surface area contributed by atoms with Gasteiger partial charge in [0, 0.05) is 26.2 Å². The lowest BCUT2D eigenvalue weighted by atomic mass is 10.2. The van der Waals surface area contributed by atoms with Crippen molar-refractivity contribution in [3.8, 4) is 11.3 Å². The fourth-order valence-corrected chi connectivity index (χ4v) is 4.54. The van der Waals surface area contributed by atoms with Crippen molar-refractivity contribution in [1.29, 1.82) is 0 Å². The number of rotatable bonds is 1. The van der Waals surface area contributed by atoms with Crippen LogP contribution in [-0.4, -0.2) is 9.38 Å². The first-order valence-electron chi connectivity index (χ1n) is 6.78. The van der Waals surface area contributed by atoms with E-state index in [-0.39, 0.29) is 0 Å². The Bertz CT molecular complexity index is 988. The van der Waals surface area contributed by atoms with Crippen LogP contribution in [0, 0.1) is 20.8 Å². The molecule has 4 aromatic rings. The first-order valence-corrected chi connectivity index (χ1v) is 8.54. The van der Waals surface area contributed by atoms with Gasteiger partial charge in [0.2, 0.25) is 0 Å². The van der Waals surface area contributed by atoms with E-state index in [1.165, 1.54) is 26.2 Å². The molecule has 0 spiro atoms. The Morgan fingerprint density at radius 3 is 2.57 bits per heavy atom. The summed E-state index contributed by atoms with van der Waals surface area (Å²) in [7, 11) is 0. The number of hydrogen-bond donors (Lipinski definition) is 1. The van der Waals surface area contributed by atoms with Gasteiger partial charge in [0.15, 0.2) is 0 Å². The van der Waals surface area contributed by atoms with Crippen molar-refractivity contribution < 1.29 is 0 Å². The molecule has 0 saturated carbocycles. The molecule has 0 aliphatic rings. The number of thiophene rings is 2. The molecule has 2 N–H and O–H groups in total. The van der Waals surface area contributed by atoms with Crippen molar-refractivity contribution in [1.82, 2.24) is 9.38 Å². The summed E-state index contributed by atoms with van der Waals surface area (Å²) in [5.41, 5.74) is 11.9. The zero-order chi connectivity index (χ0) is 14.7. The van der Waals surface area contributed by atoms with Crippen molar-refractivity contribution in [3.05, 3.63) is 39.0 Å². The third-order valence-electron chi connectivity index (χ3n) is 4.15. The summed E-state index contributed by atoms with van der Waals surface area (Å²) in [4.78, 5) is 6.12. The lowest BCUT2D eigenvalue weighted by molar-refractivity contribution is 1.09. The molecule has 21 heavy (non-hydrogen) atoms. The first kappa shape index (κ1) is 12.9. The molecule has 3 nitrogen and oxygen atoms in total. The normalized spacial score (nSPS) is 11.8. The molecule has 0 amide bonds. The number of imidazole rings is 1. The highest BCUT2D eigenvalue weighted by molar-refractivity contribution is 7.17. The van der Waals surface area contributed by atoms with Gasteiger partial charge in [0.05, 0.1) is 0 Å². The van der Waals surface area contributed by atoms with E-state index in [0.717, 1.165) is 22.7 Å². The van der Waals surface area contributed by atoms with Gasteiger partial charge in [-0.05, 0) is 49.2 Å². The third-order valence-corrected chi connectivity index (χ3v) is 6.03. The molecule has 5 heteroatoms. The molecule has 0 unspecified atom stereocenters. The molecule has 0 saturated heterocycles. The number of fused-ring (bicyclic) bond motifs is 3. The second kappa shape index (κ2) is 4.32. The Labute approximate surface area is 130 Å². The Hall–Kier alpha value is -1.85. The third kappa shape index (κ3) is 1.61. The van der Waals surface area contributed by atoms with Gasteiger partial charge in [-0.2, -0.15) is 0 Å². The standard InChI is InChI=1S/C16H15N3S2/c1-8-9(2)19-15(17)13(11-4-6-20-10(11)3)18-16(19)12-5-7-21-14(8)12/h4-7H,17H2,1-3H3. The van der Waals surface area contributed by atoms with Crippen LogP contribution in [0.3, 0.4) is 0 Å². The molecular formula is C16H15N3S2. The summed E-state index contributed by atoms with van der Waals surface area (Å²) in [5.74, 6) is 0.736. The van der Waals surface area contributed by atoms with Crippen molar-refractivity contribution in [3.63, 3.8) is 0 Å². The molecular weight excluding hydrogens is 298 g/mol. The fourth-order valence-electron chi connectivity index (χ4n) is 2.89. The topological polar surface area (TPSA) is 43.3 Å². The Morgan fingerprint density at radius 1 is 1.10 bits per heavy atom. The van der Waals surface area contributed by atoms with E-state index in [4.69, 9.17) is 10.7 Å². The summed E-state index contributed by atoms with van der Waals surface area (Å²) in [5, 5.41) is 5.40. The number of pyridine rings is 1. The van der Waals surface area contributed by atoms with E-state index in [1.807, 2.05) is 0 Å². The van der Waals surface area contributed by atoms with Crippen molar-refractivity contribution >= 4 is 44.2 Å². The van der Waals surface area contributed by atoms with Gasteiger partial charge in [-0.25, -0.2) is 4.98 Å². The van der Waals surface area contributed by atoms with Crippen LogP contribution in [0.5, 0.6) is 0 Å². The molecule has 106 valence electrons. The summed E-state index contributed by atoms with van der Waals surface area (Å²) in [6.07, 6.45) is 0. The number of aromatic nitrogens is 2. The van der Waals surface area contributed by atoms with Gasteiger partial charge in [0.1, 0.15) is 17.2 Å². The lowest BCUT2D eigenvalue weighted by Gasteiger charge is -2.08. The average Bonchev–Trinajstić information content (AvgIpc) is 3.14. The van der Waals surface area contributed by atoms with Gasteiger partial charge < -0.3 is 5.73 Å². The molecule has 0 atom stereocenters. The minimum Gasteiger partial charge on any atom is -0.383 e. The monoisotopic (exact) mass is 313 g/mol. The van der Waals surface area contributed by atoms with E-state index in [9.17, 15) is 0 Å². The minimum absolute atomic E-state index is 0.736. The fraction of sp³-hybridized carbons (Fsp3) is 0.188. The van der Waals surface area contributed by atoms with Gasteiger partial charge in [-0.15, -0.1) is 22.7 Å². The molecule has 4 aromatic heterocycles. The molecule has 0 aliphatic heterocycles. The predicted octanol–water partition coefficient (Wildman–Crippen LogP) is 4.78. The van der Waals surface area contributed by atoms with Gasteiger partial charge >= 0.3 is 0 Å². The smallest absolute Gasteiger partial charge is 0.148 e. The van der Waals surface area contributed by atoms with Crippen LogP contribution in [-0.2, 0) is 0 Å². The van der Waals surface area contributed by atoms with Crippen LogP contribution < -0.4 is 5.73 Å². The van der Waals surface area contributed by atoms with E-state index < -0.39 is 0 Å². The van der Waals surface area contributed by atoms with E-state index in [2.05, 4.69) is 48.1 Å². The Morgan fingerprint density at radius 2 is 1.86 bits per heavy atom. The maximum atomic E-state index is 6.44. The second-order valence-electron chi connectivity index (χ2n) is 5.27. The average molecular weight is 313 g/mol. The van der Waals surface area contributed by atoms with Crippen LogP contribution in [0.15, 0.2) is 22.9 Å². The highest BCUT2D eigenvalue weighted by Crippen LogP contribution is 2.37. The second-order valence-corrected chi connectivity index (χ2v) is 7.31. The summed E-state index contributed by atoms with van der Waals surface area (Å²) < 4.78 is 3.40. The highest BCUT2D eigenvalue weighted by Gasteiger charge is 2.19. The number of nitrogen functional groups attached to an aromatic ring is 1. The zero-order valence-electron chi connectivity index (χ0n) is 12.1. The molecule has 0 aromatic carbocycles. The first-order chi connectivity index (χ1) is 10.1. The zero-order valence-corrected chi connectivity index (χ0v) is 13.7. The SMILES string of the molecule is Cc1sccc1-c1nc2c3ccsc3c(C)c(C)n2c1N. The molecule has 4 heterocycles. The lowest BCUT2D eigenvalue weighted by Crippen LogP contribution is -2.00. The number of aryl methyl sites for hydroxylation is 3. The molecule has 0 bridgehead atoms. The van der Waals surface area contributed by atoms with Crippen LogP contribution >= 0.6 is 22.7 Å². The molecule has 0 radical (unpaired) electrons. The van der Waals surface area contributed by atoms with Crippen molar-refractivity contribution in [2.45, 2.75) is 20.8 Å². The predicted molar refractivity (Wildman–Crippen MR) is 92.5 cm³/mol. The number of nitrogens with zero attached hydrogens (tertiary/aromatic N) is 2. The summed E-state index contributed by atoms with van der Waals surface area (Å²) >= 11 is 3.49. The van der Waals surface area contributed by atoms with E-state index in [0.29, 0.717) is 0 Å². The van der Waals surface area contributed by atoms with E-state index in [1.54, 1.807) is 22.7 Å². The highest BCUT2D eigenvalue weighted by atomic mass is 32.1. The maximum absolute atomic E-state index is 6.44. The van der Waals surface area contributed by atoms with Gasteiger partial charge in [-0.3, -0.25) is 4.40 Å². The van der Waals surface area contributed by atoms with Crippen LogP contribution in [0.1, 0.15) is 16.1 Å². The maximum Gasteiger partial charge on any atom is 0.148 e. The molecule has 0 fully saturated rings. The van der Waals surface area contributed by atoms with Gasteiger partial charge in [-0.1, -0.05) is 0 Å². The van der Waals surface area contributed by atoms with Crippen LogP contribution in [0.25, 0.3) is 27.0 Å². The number of nitrogens with two attached hydrogens (primary N) is 1. The summed E-state index contributed by atoms with van der Waals surface area (Å²) in [6.45, 7) is 6.38. The Kier molecular flexibility index (Phi) is 2.65. The van der Waals surface area contributed by atoms with Gasteiger partial charge in [0.25, 0.3) is 0 Å². The van der Waals surface area contributed by atoms with Crippen LogP contribution in [0.2, 0.25) is 0 Å². The van der Waals surface area contributed by atoms with E-state index >= 15 is 0 Å². The minimum atomic E-state index is 0.736. The van der Waals surface area contributed by atoms with Crippen LogP contribution in [0.4, 0.5) is 5.82 Å².